The van der Waals surface area contributed by atoms with Crippen LogP contribution in [0.15, 0.2) is 11.4 Å². The summed E-state index contributed by atoms with van der Waals surface area (Å²) in [4.78, 5) is 21.1. The van der Waals surface area contributed by atoms with E-state index in [0.29, 0.717) is 10.6 Å². The van der Waals surface area contributed by atoms with E-state index in [4.69, 9.17) is 10.5 Å². The van der Waals surface area contributed by atoms with Crippen LogP contribution in [0.2, 0.25) is 0 Å². The maximum Gasteiger partial charge on any atom is 0.308 e. The highest BCUT2D eigenvalue weighted by molar-refractivity contribution is 7.12. The quantitative estimate of drug-likeness (QED) is 0.681. The van der Waals surface area contributed by atoms with Crippen LogP contribution in [0.5, 0.6) is 5.06 Å². The average molecular weight is 198 g/mol. The zero-order chi connectivity index (χ0) is 9.84. The Labute approximate surface area is 79.3 Å². The van der Waals surface area contributed by atoms with Crippen molar-refractivity contribution in [3.63, 3.8) is 0 Å². The van der Waals surface area contributed by atoms with Gasteiger partial charge < -0.3 is 4.74 Å². The third-order valence-electron chi connectivity index (χ3n) is 1.29. The van der Waals surface area contributed by atoms with Gasteiger partial charge in [-0.1, -0.05) is 0 Å². The number of rotatable bonds is 3. The Kier molecular flexibility index (Phi) is 3.02. The van der Waals surface area contributed by atoms with Gasteiger partial charge in [0, 0.05) is 12.5 Å². The van der Waals surface area contributed by atoms with Crippen LogP contribution in [-0.4, -0.2) is 11.9 Å². The molecule has 1 heterocycles. The molecule has 0 saturated carbocycles. The van der Waals surface area contributed by atoms with E-state index in [0.717, 1.165) is 0 Å². The molecule has 0 spiro atoms. The van der Waals surface area contributed by atoms with Gasteiger partial charge in [0.15, 0.2) is 5.06 Å². The Morgan fingerprint density at radius 1 is 1.62 bits per heavy atom. The Balaban J connectivity index is 2.76. The highest BCUT2D eigenvalue weighted by Gasteiger charge is 2.10. The van der Waals surface area contributed by atoms with E-state index in [1.165, 1.54) is 18.3 Å². The molecule has 0 fully saturated rings. The summed E-state index contributed by atoms with van der Waals surface area (Å²) in [5, 5.41) is 2.13. The second-order valence-corrected chi connectivity index (χ2v) is 3.31. The third kappa shape index (κ3) is 2.87. The predicted molar refractivity (Wildman–Crippen MR) is 47.4 cm³/mol. The molecule has 0 aromatic carbocycles. The monoisotopic (exact) mass is 198 g/mol. The van der Waals surface area contributed by atoms with Gasteiger partial charge in [0.25, 0.3) is 0 Å². The van der Waals surface area contributed by atoms with Crippen LogP contribution in [0.4, 0.5) is 0 Å². The number of thiophene rings is 1. The maximum absolute atomic E-state index is 10.6. The fourth-order valence-corrected chi connectivity index (χ4v) is 1.66. The molecule has 0 saturated heterocycles. The first-order valence-corrected chi connectivity index (χ1v) is 4.47. The van der Waals surface area contributed by atoms with Gasteiger partial charge >= 0.3 is 5.97 Å². The first-order chi connectivity index (χ1) is 6.09. The van der Waals surface area contributed by atoms with Crippen molar-refractivity contribution in [2.75, 3.05) is 0 Å². The number of nitrogens with one attached hydrogen (secondary N) is 1. The van der Waals surface area contributed by atoms with E-state index in [1.807, 2.05) is 0 Å². The largest absolute Gasteiger partial charge is 0.415 e. The minimum absolute atomic E-state index is 0.00782. The third-order valence-corrected chi connectivity index (χ3v) is 2.13. The molecule has 5 heteroatoms. The van der Waals surface area contributed by atoms with Gasteiger partial charge in [-0.25, -0.2) is 0 Å². The highest BCUT2D eigenvalue weighted by Crippen LogP contribution is 2.26. The van der Waals surface area contributed by atoms with Crippen molar-refractivity contribution in [1.82, 2.24) is 5.73 Å². The lowest BCUT2D eigenvalue weighted by atomic mass is 10.2. The number of carbonyl (C=O) groups is 2. The molecular formula is C8H8NO3S. The lowest BCUT2D eigenvalue weighted by Crippen LogP contribution is -2.05. The van der Waals surface area contributed by atoms with Crippen molar-refractivity contribution in [3.8, 4) is 5.06 Å². The number of hydrogen-bond donors (Lipinski definition) is 0. The van der Waals surface area contributed by atoms with Crippen molar-refractivity contribution < 1.29 is 14.3 Å². The average Bonchev–Trinajstić information content (AvgIpc) is 2.34. The fourth-order valence-electron chi connectivity index (χ4n) is 0.846. The van der Waals surface area contributed by atoms with Crippen LogP contribution in [0.25, 0.3) is 0 Å². The highest BCUT2D eigenvalue weighted by atomic mass is 32.1. The van der Waals surface area contributed by atoms with Crippen LogP contribution >= 0.6 is 11.3 Å². The Morgan fingerprint density at radius 2 is 2.31 bits per heavy atom. The molecule has 13 heavy (non-hydrogen) atoms. The normalized spacial score (nSPS) is 9.62. The lowest BCUT2D eigenvalue weighted by molar-refractivity contribution is -0.131. The van der Waals surface area contributed by atoms with Crippen LogP contribution < -0.4 is 10.5 Å². The fraction of sp³-hybridized carbons (Fsp3) is 0.250. The van der Waals surface area contributed by atoms with Crippen molar-refractivity contribution in [1.29, 1.82) is 0 Å². The summed E-state index contributed by atoms with van der Waals surface area (Å²) in [7, 11) is 0. The van der Waals surface area contributed by atoms with Crippen molar-refractivity contribution >= 4 is 23.2 Å². The van der Waals surface area contributed by atoms with Gasteiger partial charge in [-0.2, -0.15) is 0 Å². The molecule has 0 atom stereocenters. The van der Waals surface area contributed by atoms with Crippen LogP contribution in [-0.2, 0) is 16.0 Å². The maximum atomic E-state index is 10.6. The summed E-state index contributed by atoms with van der Waals surface area (Å²) in [5.74, 6) is -1.10. The molecular weight excluding hydrogens is 190 g/mol. The van der Waals surface area contributed by atoms with Crippen LogP contribution in [0.1, 0.15) is 12.5 Å². The molecule has 1 N–H and O–H groups in total. The molecule has 1 aromatic rings. The predicted octanol–water partition coefficient (Wildman–Crippen LogP) is 1.03. The van der Waals surface area contributed by atoms with Gasteiger partial charge in [0.2, 0.25) is 5.91 Å². The Bertz CT molecular complexity index is 301. The van der Waals surface area contributed by atoms with E-state index in [2.05, 4.69) is 0 Å². The molecule has 0 aliphatic rings. The Hall–Kier alpha value is -1.36. The van der Waals surface area contributed by atoms with Gasteiger partial charge in [-0.15, -0.1) is 11.3 Å². The van der Waals surface area contributed by atoms with Gasteiger partial charge in [-0.3, -0.25) is 15.3 Å². The smallest absolute Gasteiger partial charge is 0.308 e. The zero-order valence-corrected chi connectivity index (χ0v) is 7.81. The zero-order valence-electron chi connectivity index (χ0n) is 6.99. The number of carbonyl (C=O) groups excluding carboxylic acids is 2. The molecule has 0 bridgehead atoms. The molecule has 1 aromatic heterocycles. The van der Waals surface area contributed by atoms with Crippen LogP contribution in [0, 0.1) is 0 Å². The van der Waals surface area contributed by atoms with E-state index >= 15 is 0 Å². The van der Waals surface area contributed by atoms with Crippen LogP contribution in [0.3, 0.4) is 0 Å². The number of esters is 1. The summed E-state index contributed by atoms with van der Waals surface area (Å²) in [6, 6.07) is 1.68. The molecule has 1 rings (SSSR count). The first kappa shape index (κ1) is 9.73. The number of amides is 1. The number of ether oxygens (including phenoxy) is 1. The molecule has 0 unspecified atom stereocenters. The summed E-state index contributed by atoms with van der Waals surface area (Å²) in [6.45, 7) is 1.30. The second-order valence-electron chi connectivity index (χ2n) is 2.43. The SMILES string of the molecule is CC(=O)Oc1sccc1CC([NH])=O. The molecule has 4 nitrogen and oxygen atoms in total. The first-order valence-electron chi connectivity index (χ1n) is 3.59. The van der Waals surface area contributed by atoms with Crippen molar-refractivity contribution in [2.45, 2.75) is 13.3 Å². The molecule has 0 aliphatic heterocycles. The Morgan fingerprint density at radius 3 is 2.85 bits per heavy atom. The van der Waals surface area contributed by atoms with Crippen molar-refractivity contribution in [2.24, 2.45) is 0 Å². The molecule has 0 aliphatic carbocycles. The lowest BCUT2D eigenvalue weighted by Gasteiger charge is -1.99. The molecule has 1 radical (unpaired) electrons. The summed E-state index contributed by atoms with van der Waals surface area (Å²) in [5.41, 5.74) is 7.36. The van der Waals surface area contributed by atoms with Gasteiger partial charge in [-0.05, 0) is 11.4 Å². The summed E-state index contributed by atoms with van der Waals surface area (Å²) in [6.07, 6.45) is -0.00782. The topological polar surface area (TPSA) is 67.2 Å². The van der Waals surface area contributed by atoms with Gasteiger partial charge in [0.05, 0.1) is 6.42 Å². The van der Waals surface area contributed by atoms with Gasteiger partial charge in [0.1, 0.15) is 0 Å². The van der Waals surface area contributed by atoms with E-state index < -0.39 is 11.9 Å². The molecule has 69 valence electrons. The summed E-state index contributed by atoms with van der Waals surface area (Å²) < 4.78 is 4.83. The standard InChI is InChI=1S/C8H8NO3S/c1-5(10)12-8-6(2-3-13-8)4-7(9)11/h2-3,9H,4H2,1H3. The minimum atomic E-state index is -0.688. The van der Waals surface area contributed by atoms with E-state index in [-0.39, 0.29) is 6.42 Å². The van der Waals surface area contributed by atoms with Crippen molar-refractivity contribution in [3.05, 3.63) is 17.0 Å². The summed E-state index contributed by atoms with van der Waals surface area (Å²) >= 11 is 1.24. The van der Waals surface area contributed by atoms with E-state index in [9.17, 15) is 9.59 Å². The molecule has 1 amide bonds. The second kappa shape index (κ2) is 4.04. The van der Waals surface area contributed by atoms with E-state index in [1.54, 1.807) is 11.4 Å². The minimum Gasteiger partial charge on any atom is -0.415 e. The number of hydrogen-bond acceptors (Lipinski definition) is 4.